The number of hydrogen-bond donors (Lipinski definition) is 1. The third-order valence-electron chi connectivity index (χ3n) is 4.00. The van der Waals surface area contributed by atoms with Crippen LogP contribution in [-0.2, 0) is 14.9 Å². The van der Waals surface area contributed by atoms with Gasteiger partial charge >= 0.3 is 0 Å². The second-order valence-electron chi connectivity index (χ2n) is 5.44. The molecule has 0 bridgehead atoms. The van der Waals surface area contributed by atoms with Crippen molar-refractivity contribution in [1.82, 2.24) is 15.3 Å². The van der Waals surface area contributed by atoms with E-state index in [1.54, 1.807) is 6.07 Å². The van der Waals surface area contributed by atoms with Crippen LogP contribution in [-0.4, -0.2) is 48.7 Å². The smallest absolute Gasteiger partial charge is 0.233 e. The van der Waals surface area contributed by atoms with Crippen LogP contribution in [0.1, 0.15) is 18.5 Å². The van der Waals surface area contributed by atoms with Crippen molar-refractivity contribution in [3.63, 3.8) is 0 Å². The Kier molecular flexibility index (Phi) is 4.19. The number of halogens is 1. The average Bonchev–Trinajstić information content (AvgIpc) is 3.35. The Hall–Kier alpha value is -1.84. The van der Waals surface area contributed by atoms with Crippen LogP contribution in [0.3, 0.4) is 0 Å². The molecule has 0 atom stereocenters. The van der Waals surface area contributed by atoms with E-state index < -0.39 is 5.41 Å². The molecule has 7 heteroatoms. The molecule has 2 fully saturated rings. The van der Waals surface area contributed by atoms with Gasteiger partial charge in [0.2, 0.25) is 11.9 Å². The van der Waals surface area contributed by atoms with Gasteiger partial charge in [0.25, 0.3) is 0 Å². The van der Waals surface area contributed by atoms with Crippen molar-refractivity contribution in [2.75, 3.05) is 37.7 Å². The number of hydrogen-bond acceptors (Lipinski definition) is 5. The molecule has 1 aliphatic heterocycles. The number of amides is 1. The molecule has 116 valence electrons. The van der Waals surface area contributed by atoms with E-state index in [0.717, 1.165) is 25.9 Å². The van der Waals surface area contributed by atoms with Gasteiger partial charge in [0.15, 0.2) is 0 Å². The molecule has 2 heterocycles. The van der Waals surface area contributed by atoms with E-state index in [0.29, 0.717) is 30.0 Å². The van der Waals surface area contributed by atoms with Gasteiger partial charge in [-0.1, -0.05) is 17.5 Å². The molecule has 3 rings (SSSR count). The number of carbonyl (C=O) groups is 1. The summed E-state index contributed by atoms with van der Waals surface area (Å²) in [5.74, 6) is 2.88. The molecule has 1 saturated carbocycles. The standard InChI is InChI=1S/C15H17ClN4O2/c1-2-5-17-13(21)15(3-4-15)11-10-12(16)19-14(18-11)20-6-8-22-9-7-20/h1,10H,3-9H2,(H,17,21). The first kappa shape index (κ1) is 15.1. The highest BCUT2D eigenvalue weighted by Crippen LogP contribution is 2.48. The van der Waals surface area contributed by atoms with Gasteiger partial charge in [-0.15, -0.1) is 6.42 Å². The normalized spacial score (nSPS) is 19.4. The Bertz CT molecular complexity index is 618. The van der Waals surface area contributed by atoms with Crippen LogP contribution in [0.15, 0.2) is 6.07 Å². The molecule has 1 aromatic rings. The van der Waals surface area contributed by atoms with E-state index in [1.807, 2.05) is 4.90 Å². The van der Waals surface area contributed by atoms with E-state index in [4.69, 9.17) is 22.8 Å². The van der Waals surface area contributed by atoms with Crippen molar-refractivity contribution < 1.29 is 9.53 Å². The van der Waals surface area contributed by atoms with Crippen molar-refractivity contribution in [2.24, 2.45) is 0 Å². The lowest BCUT2D eigenvalue weighted by atomic mass is 10.0. The third-order valence-corrected chi connectivity index (χ3v) is 4.20. The first-order valence-corrected chi connectivity index (χ1v) is 7.63. The molecule has 22 heavy (non-hydrogen) atoms. The summed E-state index contributed by atoms with van der Waals surface area (Å²) in [4.78, 5) is 23.2. The third kappa shape index (κ3) is 2.87. The first-order chi connectivity index (χ1) is 10.7. The zero-order chi connectivity index (χ0) is 15.6. The van der Waals surface area contributed by atoms with Crippen molar-refractivity contribution >= 4 is 23.5 Å². The number of carbonyl (C=O) groups excluding carboxylic acids is 1. The molecule has 0 aromatic carbocycles. The van der Waals surface area contributed by atoms with E-state index in [2.05, 4.69) is 21.2 Å². The van der Waals surface area contributed by atoms with Gasteiger partial charge in [-0.2, -0.15) is 0 Å². The van der Waals surface area contributed by atoms with E-state index in [1.165, 1.54) is 0 Å². The number of morpholine rings is 1. The van der Waals surface area contributed by atoms with E-state index >= 15 is 0 Å². The molecule has 6 nitrogen and oxygen atoms in total. The molecule has 0 radical (unpaired) electrons. The van der Waals surface area contributed by atoms with Gasteiger partial charge in [-0.3, -0.25) is 4.79 Å². The molecule has 2 aliphatic rings. The van der Waals surface area contributed by atoms with Crippen molar-refractivity contribution in [3.05, 3.63) is 16.9 Å². The highest BCUT2D eigenvalue weighted by molar-refractivity contribution is 6.29. The molecule has 1 aromatic heterocycles. The summed E-state index contributed by atoms with van der Waals surface area (Å²) in [7, 11) is 0. The topological polar surface area (TPSA) is 67.4 Å². The highest BCUT2D eigenvalue weighted by Gasteiger charge is 2.53. The number of ether oxygens (including phenoxy) is 1. The monoisotopic (exact) mass is 320 g/mol. The number of terminal acetylenes is 1. The fraction of sp³-hybridized carbons (Fsp3) is 0.533. The first-order valence-electron chi connectivity index (χ1n) is 7.25. The minimum atomic E-state index is -0.607. The fourth-order valence-corrected chi connectivity index (χ4v) is 2.76. The number of anilines is 1. The number of nitrogens with zero attached hydrogens (tertiary/aromatic N) is 3. The summed E-state index contributed by atoms with van der Waals surface area (Å²) in [6.07, 6.45) is 6.69. The Morgan fingerprint density at radius 1 is 1.45 bits per heavy atom. The van der Waals surface area contributed by atoms with Gasteiger partial charge in [-0.05, 0) is 18.9 Å². The second-order valence-corrected chi connectivity index (χ2v) is 5.83. The molecular formula is C15H17ClN4O2. The summed E-state index contributed by atoms with van der Waals surface area (Å²) >= 11 is 6.14. The van der Waals surface area contributed by atoms with Crippen LogP contribution >= 0.6 is 11.6 Å². The lowest BCUT2D eigenvalue weighted by Gasteiger charge is -2.27. The highest BCUT2D eigenvalue weighted by atomic mass is 35.5. The van der Waals surface area contributed by atoms with Crippen molar-refractivity contribution in [3.8, 4) is 12.3 Å². The Balaban J connectivity index is 1.86. The quantitative estimate of drug-likeness (QED) is 0.655. The molecule has 0 spiro atoms. The summed E-state index contributed by atoms with van der Waals surface area (Å²) in [6.45, 7) is 2.93. The second kappa shape index (κ2) is 6.11. The molecular weight excluding hydrogens is 304 g/mol. The van der Waals surface area contributed by atoms with Crippen LogP contribution in [0.5, 0.6) is 0 Å². The maximum atomic E-state index is 12.3. The number of nitrogens with one attached hydrogen (secondary N) is 1. The van der Waals surface area contributed by atoms with Gasteiger partial charge in [-0.25, -0.2) is 9.97 Å². The van der Waals surface area contributed by atoms with Gasteiger partial charge in [0.1, 0.15) is 5.15 Å². The summed E-state index contributed by atoms with van der Waals surface area (Å²) in [5.41, 5.74) is 0.0632. The Morgan fingerprint density at radius 3 is 2.82 bits per heavy atom. The summed E-state index contributed by atoms with van der Waals surface area (Å²) in [6, 6.07) is 1.67. The zero-order valence-corrected chi connectivity index (χ0v) is 12.9. The van der Waals surface area contributed by atoms with Crippen LogP contribution in [0.2, 0.25) is 5.15 Å². The lowest BCUT2D eigenvalue weighted by Crippen LogP contribution is -2.39. The SMILES string of the molecule is C#CCNC(=O)C1(c2cc(Cl)nc(N3CCOCC3)n2)CC1. The van der Waals surface area contributed by atoms with Crippen LogP contribution in [0.4, 0.5) is 5.95 Å². The number of rotatable bonds is 4. The average molecular weight is 321 g/mol. The Morgan fingerprint density at radius 2 is 2.18 bits per heavy atom. The predicted molar refractivity (Wildman–Crippen MR) is 82.8 cm³/mol. The maximum Gasteiger partial charge on any atom is 0.233 e. The summed E-state index contributed by atoms with van der Waals surface area (Å²) in [5, 5.41) is 3.09. The molecule has 0 unspecified atom stereocenters. The summed E-state index contributed by atoms with van der Waals surface area (Å²) < 4.78 is 5.33. The minimum absolute atomic E-state index is 0.0897. The van der Waals surface area contributed by atoms with Gasteiger partial charge in [0.05, 0.1) is 30.9 Å². The van der Waals surface area contributed by atoms with Gasteiger partial charge in [0, 0.05) is 13.1 Å². The Labute approximate surface area is 134 Å². The predicted octanol–water partition coefficient (Wildman–Crippen LogP) is 0.748. The van der Waals surface area contributed by atoms with Crippen molar-refractivity contribution in [2.45, 2.75) is 18.3 Å². The molecule has 1 amide bonds. The molecule has 1 saturated heterocycles. The van der Waals surface area contributed by atoms with Crippen LogP contribution in [0, 0.1) is 12.3 Å². The maximum absolute atomic E-state index is 12.3. The molecule has 1 aliphatic carbocycles. The fourth-order valence-electron chi connectivity index (χ4n) is 2.58. The minimum Gasteiger partial charge on any atom is -0.378 e. The van der Waals surface area contributed by atoms with E-state index in [-0.39, 0.29) is 12.5 Å². The number of aromatic nitrogens is 2. The van der Waals surface area contributed by atoms with E-state index in [9.17, 15) is 4.79 Å². The zero-order valence-electron chi connectivity index (χ0n) is 12.1. The van der Waals surface area contributed by atoms with Gasteiger partial charge < -0.3 is 15.0 Å². The van der Waals surface area contributed by atoms with Crippen LogP contribution in [0.25, 0.3) is 0 Å². The van der Waals surface area contributed by atoms with Crippen molar-refractivity contribution in [1.29, 1.82) is 0 Å². The largest absolute Gasteiger partial charge is 0.378 e. The lowest BCUT2D eigenvalue weighted by molar-refractivity contribution is -0.123. The van der Waals surface area contributed by atoms with Crippen LogP contribution < -0.4 is 10.2 Å². The molecule has 1 N–H and O–H groups in total.